The normalized spacial score (nSPS) is 36.2. The Morgan fingerprint density at radius 1 is 1.46 bits per heavy atom. The van der Waals surface area contributed by atoms with Crippen LogP contribution >= 0.6 is 7.82 Å². The van der Waals surface area contributed by atoms with E-state index in [1.807, 2.05) is 0 Å². The summed E-state index contributed by atoms with van der Waals surface area (Å²) in [7, 11) is -4.54. The predicted molar refractivity (Wildman–Crippen MR) is 46.5 cm³/mol. The lowest BCUT2D eigenvalue weighted by atomic mass is 9.88. The Morgan fingerprint density at radius 3 is 2.54 bits per heavy atom. The standard InChI is InChI=1S/C6H15N2O4P/c7-5-3-1-2-4-6(5,8)12-13(9,10)11/h5H,1-4,7-8H2,(H2,9,10,11). The second-order valence-corrected chi connectivity index (χ2v) is 4.55. The molecule has 13 heavy (non-hydrogen) atoms. The van der Waals surface area contributed by atoms with Gasteiger partial charge in [0.1, 0.15) is 5.72 Å². The van der Waals surface area contributed by atoms with Gasteiger partial charge in [0.15, 0.2) is 0 Å². The van der Waals surface area contributed by atoms with Crippen molar-refractivity contribution < 1.29 is 18.9 Å². The first-order valence-corrected chi connectivity index (χ1v) is 5.67. The smallest absolute Gasteiger partial charge is 0.324 e. The van der Waals surface area contributed by atoms with Gasteiger partial charge in [0.25, 0.3) is 0 Å². The first kappa shape index (κ1) is 11.1. The number of rotatable bonds is 2. The molecule has 0 aromatic rings. The zero-order valence-electron chi connectivity index (χ0n) is 7.22. The minimum Gasteiger partial charge on any atom is -0.324 e. The summed E-state index contributed by atoms with van der Waals surface area (Å²) in [6.45, 7) is 0. The summed E-state index contributed by atoms with van der Waals surface area (Å²) in [5, 5.41) is 0. The fourth-order valence-corrected chi connectivity index (χ4v) is 2.20. The maximum absolute atomic E-state index is 10.6. The van der Waals surface area contributed by atoms with E-state index in [9.17, 15) is 4.57 Å². The highest BCUT2D eigenvalue weighted by molar-refractivity contribution is 7.46. The van der Waals surface area contributed by atoms with Crippen LogP contribution in [0.3, 0.4) is 0 Å². The second kappa shape index (κ2) is 3.65. The highest BCUT2D eigenvalue weighted by Crippen LogP contribution is 2.43. The van der Waals surface area contributed by atoms with Crippen LogP contribution in [0.15, 0.2) is 0 Å². The highest BCUT2D eigenvalue weighted by Gasteiger charge is 2.41. The molecule has 0 spiro atoms. The van der Waals surface area contributed by atoms with Crippen LogP contribution in [0.25, 0.3) is 0 Å². The van der Waals surface area contributed by atoms with Gasteiger partial charge in [-0.1, -0.05) is 6.42 Å². The van der Waals surface area contributed by atoms with Gasteiger partial charge in [-0.05, 0) is 19.3 Å². The maximum atomic E-state index is 10.6. The lowest BCUT2D eigenvalue weighted by Crippen LogP contribution is -2.58. The van der Waals surface area contributed by atoms with Gasteiger partial charge >= 0.3 is 7.82 Å². The van der Waals surface area contributed by atoms with Gasteiger partial charge in [0, 0.05) is 6.04 Å². The molecule has 1 aliphatic carbocycles. The monoisotopic (exact) mass is 210 g/mol. The van der Waals surface area contributed by atoms with Crippen molar-refractivity contribution in [2.24, 2.45) is 11.5 Å². The van der Waals surface area contributed by atoms with Crippen molar-refractivity contribution in [3.8, 4) is 0 Å². The number of hydrogen-bond acceptors (Lipinski definition) is 4. The van der Waals surface area contributed by atoms with Crippen LogP contribution < -0.4 is 11.5 Å². The summed E-state index contributed by atoms with van der Waals surface area (Å²) in [5.74, 6) is 0. The molecule has 1 saturated carbocycles. The number of hydrogen-bond donors (Lipinski definition) is 4. The van der Waals surface area contributed by atoms with E-state index in [-0.39, 0.29) is 0 Å². The van der Waals surface area contributed by atoms with Crippen LogP contribution in [0.1, 0.15) is 25.7 Å². The second-order valence-electron chi connectivity index (χ2n) is 3.39. The number of phosphoric acid groups is 1. The molecule has 6 nitrogen and oxygen atoms in total. The third-order valence-corrected chi connectivity index (χ3v) is 2.83. The minimum atomic E-state index is -4.54. The molecule has 0 saturated heterocycles. The maximum Gasteiger partial charge on any atom is 0.471 e. The van der Waals surface area contributed by atoms with E-state index in [1.165, 1.54) is 0 Å². The van der Waals surface area contributed by atoms with Crippen molar-refractivity contribution >= 4 is 7.82 Å². The minimum absolute atomic E-state index is 0.388. The molecule has 2 unspecified atom stereocenters. The summed E-state index contributed by atoms with van der Waals surface area (Å²) in [5.41, 5.74) is 9.91. The summed E-state index contributed by atoms with van der Waals surface area (Å²) < 4.78 is 15.1. The van der Waals surface area contributed by atoms with E-state index in [4.69, 9.17) is 21.3 Å². The fraction of sp³-hybridized carbons (Fsp3) is 1.00. The van der Waals surface area contributed by atoms with Gasteiger partial charge in [-0.15, -0.1) is 0 Å². The first-order valence-electron chi connectivity index (χ1n) is 4.14. The van der Waals surface area contributed by atoms with Gasteiger partial charge in [0.05, 0.1) is 0 Å². The van der Waals surface area contributed by atoms with Crippen molar-refractivity contribution in [3.63, 3.8) is 0 Å². The fourth-order valence-electron chi connectivity index (χ4n) is 1.53. The quantitative estimate of drug-likeness (QED) is 0.365. The Morgan fingerprint density at radius 2 is 2.08 bits per heavy atom. The Hall–Kier alpha value is 0.0300. The Labute approximate surface area is 76.5 Å². The van der Waals surface area contributed by atoms with Crippen LogP contribution in [0, 0.1) is 0 Å². The van der Waals surface area contributed by atoms with Crippen LogP contribution in [-0.4, -0.2) is 21.6 Å². The largest absolute Gasteiger partial charge is 0.471 e. The lowest BCUT2D eigenvalue weighted by molar-refractivity contribution is -0.00800. The molecule has 0 heterocycles. The van der Waals surface area contributed by atoms with Crippen LogP contribution in [0.5, 0.6) is 0 Å². The van der Waals surface area contributed by atoms with Crippen molar-refractivity contribution in [1.29, 1.82) is 0 Å². The van der Waals surface area contributed by atoms with Crippen LogP contribution in [-0.2, 0) is 9.09 Å². The highest BCUT2D eigenvalue weighted by atomic mass is 31.2. The van der Waals surface area contributed by atoms with Crippen LogP contribution in [0.4, 0.5) is 0 Å². The van der Waals surface area contributed by atoms with E-state index in [0.717, 1.165) is 12.8 Å². The molecule has 0 bridgehead atoms. The lowest BCUT2D eigenvalue weighted by Gasteiger charge is -2.38. The Bertz CT molecular complexity index is 231. The van der Waals surface area contributed by atoms with E-state index in [2.05, 4.69) is 4.52 Å². The first-order chi connectivity index (χ1) is 5.83. The summed E-state index contributed by atoms with van der Waals surface area (Å²) >= 11 is 0. The van der Waals surface area contributed by atoms with Crippen molar-refractivity contribution in [1.82, 2.24) is 0 Å². The van der Waals surface area contributed by atoms with Crippen LogP contribution in [0.2, 0.25) is 0 Å². The molecule has 1 aliphatic rings. The average Bonchev–Trinajstić information content (AvgIpc) is 1.92. The molecule has 78 valence electrons. The number of nitrogens with two attached hydrogens (primary N) is 2. The molecule has 0 amide bonds. The molecule has 0 radical (unpaired) electrons. The molecule has 2 atom stereocenters. The zero-order valence-corrected chi connectivity index (χ0v) is 8.11. The van der Waals surface area contributed by atoms with E-state index in [1.54, 1.807) is 0 Å². The van der Waals surface area contributed by atoms with E-state index >= 15 is 0 Å². The van der Waals surface area contributed by atoms with Crippen molar-refractivity contribution in [2.45, 2.75) is 37.5 Å². The SMILES string of the molecule is NC1CCCCC1(N)OP(=O)(O)O. The molecule has 7 heteroatoms. The summed E-state index contributed by atoms with van der Waals surface area (Å²) in [4.78, 5) is 17.2. The molecule has 0 aromatic carbocycles. The Balaban J connectivity index is 2.67. The Kier molecular flexibility index (Phi) is 3.12. The molecule has 0 aromatic heterocycles. The average molecular weight is 210 g/mol. The van der Waals surface area contributed by atoms with Gasteiger partial charge in [-0.25, -0.2) is 4.57 Å². The number of phosphoric ester groups is 1. The van der Waals surface area contributed by atoms with Crippen molar-refractivity contribution in [2.75, 3.05) is 0 Å². The van der Waals surface area contributed by atoms with Gasteiger partial charge in [0.2, 0.25) is 0 Å². The van der Waals surface area contributed by atoms with Gasteiger partial charge in [-0.3, -0.25) is 4.52 Å². The molecular weight excluding hydrogens is 195 g/mol. The third kappa shape index (κ3) is 3.02. The summed E-state index contributed by atoms with van der Waals surface area (Å²) in [6.07, 6.45) is 2.73. The molecule has 0 aliphatic heterocycles. The van der Waals surface area contributed by atoms with E-state index in [0.29, 0.717) is 12.8 Å². The summed E-state index contributed by atoms with van der Waals surface area (Å²) in [6, 6.07) is -0.506. The zero-order chi connectivity index (χ0) is 10.1. The predicted octanol–water partition coefficient (Wildman–Crippen LogP) is -0.348. The van der Waals surface area contributed by atoms with Crippen molar-refractivity contribution in [3.05, 3.63) is 0 Å². The molecular formula is C6H15N2O4P. The third-order valence-electron chi connectivity index (χ3n) is 2.25. The molecule has 1 fully saturated rings. The topological polar surface area (TPSA) is 119 Å². The van der Waals surface area contributed by atoms with Gasteiger partial charge < -0.3 is 21.3 Å². The van der Waals surface area contributed by atoms with E-state index < -0.39 is 19.6 Å². The van der Waals surface area contributed by atoms with Gasteiger partial charge in [-0.2, -0.15) is 0 Å². The molecule has 1 rings (SSSR count). The molecule has 6 N–H and O–H groups in total.